The van der Waals surface area contributed by atoms with Gasteiger partial charge in [0.2, 0.25) is 0 Å². The quantitative estimate of drug-likeness (QED) is 0.170. The number of allylic oxidation sites excluding steroid dienone is 10. The molecule has 2 rings (SSSR count). The van der Waals surface area contributed by atoms with Crippen LogP contribution in [-0.4, -0.2) is 17.9 Å². The molecule has 0 radical (unpaired) electrons. The highest BCUT2D eigenvalue weighted by Crippen LogP contribution is 2.38. The first-order valence-corrected chi connectivity index (χ1v) is 11.0. The molecule has 0 heterocycles. The minimum atomic E-state index is 0.0498. The molecule has 23 heavy (non-hydrogen) atoms. The summed E-state index contributed by atoms with van der Waals surface area (Å²) in [5.41, 5.74) is 2.63. The average molecular weight is 664 g/mol. The molecule has 0 fully saturated rings. The van der Waals surface area contributed by atoms with Gasteiger partial charge in [0.1, 0.15) is 0 Å². The van der Waals surface area contributed by atoms with E-state index >= 15 is 0 Å². The van der Waals surface area contributed by atoms with E-state index in [2.05, 4.69) is 138 Å². The lowest BCUT2D eigenvalue weighted by molar-refractivity contribution is 0.194. The molecule has 0 amide bonds. The summed E-state index contributed by atoms with van der Waals surface area (Å²) in [6.07, 6.45) is 23.2. The Morgan fingerprint density at radius 1 is 0.913 bits per heavy atom. The fraction of sp³-hybridized carbons (Fsp3) is 0.333. The highest BCUT2D eigenvalue weighted by atomic mass is 127. The number of halogens is 4. The smallest absolute Gasteiger partial charge is 0.0991 e. The predicted octanol–water partition coefficient (Wildman–Crippen LogP) is 6.94. The lowest BCUT2D eigenvalue weighted by atomic mass is 10.0. The summed E-state index contributed by atoms with van der Waals surface area (Å²) in [6, 6.07) is 0. The Labute approximate surface area is 182 Å². The van der Waals surface area contributed by atoms with Gasteiger partial charge in [-0.25, -0.2) is 0 Å². The van der Waals surface area contributed by atoms with E-state index in [1.807, 2.05) is 0 Å². The molecular formula is C18H18Br2I2O. The van der Waals surface area contributed by atoms with Crippen molar-refractivity contribution in [3.05, 3.63) is 71.9 Å². The number of ether oxygens (including phenoxy) is 1. The molecule has 0 aromatic carbocycles. The zero-order valence-corrected chi connectivity index (χ0v) is 20.0. The van der Waals surface area contributed by atoms with Crippen LogP contribution in [-0.2, 0) is 4.74 Å². The summed E-state index contributed by atoms with van der Waals surface area (Å²) in [5.74, 6) is 0. The van der Waals surface area contributed by atoms with Crippen molar-refractivity contribution < 1.29 is 4.74 Å². The number of rotatable bonds is 6. The molecule has 0 aromatic rings. The van der Waals surface area contributed by atoms with Gasteiger partial charge < -0.3 is 4.74 Å². The molecule has 0 aromatic heterocycles. The van der Waals surface area contributed by atoms with Crippen molar-refractivity contribution in [2.24, 2.45) is 0 Å². The van der Waals surface area contributed by atoms with Gasteiger partial charge in [0, 0.05) is 12.8 Å². The predicted molar refractivity (Wildman–Crippen MR) is 124 cm³/mol. The molecule has 124 valence electrons. The van der Waals surface area contributed by atoms with Crippen LogP contribution in [0.4, 0.5) is 0 Å². The highest BCUT2D eigenvalue weighted by molar-refractivity contribution is 14.1. The molecule has 0 aliphatic heterocycles. The number of alkyl halides is 4. The zero-order valence-electron chi connectivity index (χ0n) is 12.5. The maximum atomic E-state index is 5.63. The van der Waals surface area contributed by atoms with Crippen LogP contribution in [0.25, 0.3) is 0 Å². The third kappa shape index (κ3) is 8.16. The SMILES string of the molecule is BrC1(I)C=CC=C(C=CCOCC=CC2=CC=CC(Br)(I)C2)C1. The van der Waals surface area contributed by atoms with Crippen molar-refractivity contribution in [1.82, 2.24) is 0 Å². The standard InChI is InChI=1S/C18H18Br2I2O/c19-17(21)9-1-5-15(13-17)7-3-11-23-12-4-8-16-6-2-10-18(20,22)14-16/h1-10H,11-14H2. The fourth-order valence-electron chi connectivity index (χ4n) is 2.24. The van der Waals surface area contributed by atoms with Crippen LogP contribution < -0.4 is 0 Å². The van der Waals surface area contributed by atoms with E-state index in [1.165, 1.54) is 11.1 Å². The van der Waals surface area contributed by atoms with E-state index in [4.69, 9.17) is 4.74 Å². The Balaban J connectivity index is 1.66. The van der Waals surface area contributed by atoms with Gasteiger partial charge in [-0.3, -0.25) is 0 Å². The lowest BCUT2D eigenvalue weighted by Crippen LogP contribution is -2.10. The van der Waals surface area contributed by atoms with Gasteiger partial charge in [0.05, 0.1) is 17.9 Å². The van der Waals surface area contributed by atoms with E-state index in [0.29, 0.717) is 13.2 Å². The first kappa shape index (κ1) is 20.1. The van der Waals surface area contributed by atoms with Gasteiger partial charge in [-0.1, -0.05) is 138 Å². The van der Waals surface area contributed by atoms with E-state index < -0.39 is 0 Å². The molecule has 2 aliphatic carbocycles. The normalized spacial score (nSPS) is 31.0. The van der Waals surface area contributed by atoms with Crippen LogP contribution >= 0.6 is 77.0 Å². The Morgan fingerprint density at radius 2 is 1.35 bits per heavy atom. The van der Waals surface area contributed by atoms with Crippen LogP contribution in [0.2, 0.25) is 0 Å². The summed E-state index contributed by atoms with van der Waals surface area (Å²) in [7, 11) is 0. The van der Waals surface area contributed by atoms with Crippen LogP contribution in [0.3, 0.4) is 0 Å². The van der Waals surface area contributed by atoms with Gasteiger partial charge in [-0.15, -0.1) is 0 Å². The van der Waals surface area contributed by atoms with Gasteiger partial charge in [0.15, 0.2) is 0 Å². The number of hydrogen-bond donors (Lipinski definition) is 0. The first-order valence-electron chi connectivity index (χ1n) is 7.30. The summed E-state index contributed by atoms with van der Waals surface area (Å²) in [4.78, 5) is 0. The number of hydrogen-bond acceptors (Lipinski definition) is 1. The molecule has 0 spiro atoms. The van der Waals surface area contributed by atoms with Crippen molar-refractivity contribution in [2.45, 2.75) is 17.5 Å². The van der Waals surface area contributed by atoms with Gasteiger partial charge in [-0.2, -0.15) is 0 Å². The van der Waals surface area contributed by atoms with Crippen LogP contribution in [0, 0.1) is 0 Å². The van der Waals surface area contributed by atoms with Crippen molar-refractivity contribution in [3.63, 3.8) is 0 Å². The molecule has 0 saturated carbocycles. The molecule has 2 atom stereocenters. The molecule has 0 N–H and O–H groups in total. The third-order valence-electron chi connectivity index (χ3n) is 3.27. The van der Waals surface area contributed by atoms with E-state index in [9.17, 15) is 0 Å². The monoisotopic (exact) mass is 662 g/mol. The largest absolute Gasteiger partial charge is 0.373 e. The summed E-state index contributed by atoms with van der Waals surface area (Å²) < 4.78 is 5.73. The van der Waals surface area contributed by atoms with Crippen molar-refractivity contribution in [2.75, 3.05) is 13.2 Å². The highest BCUT2D eigenvalue weighted by Gasteiger charge is 2.22. The molecular weight excluding hydrogens is 646 g/mol. The lowest BCUT2D eigenvalue weighted by Gasteiger charge is -2.19. The molecule has 2 aliphatic rings. The topological polar surface area (TPSA) is 9.23 Å². The second-order valence-electron chi connectivity index (χ2n) is 5.42. The average Bonchev–Trinajstić information content (AvgIpc) is 2.44. The minimum absolute atomic E-state index is 0.0498. The molecule has 0 saturated heterocycles. The zero-order chi connectivity index (χ0) is 16.8. The van der Waals surface area contributed by atoms with Crippen molar-refractivity contribution in [3.8, 4) is 0 Å². The summed E-state index contributed by atoms with van der Waals surface area (Å²) in [5, 5.41) is 0. The summed E-state index contributed by atoms with van der Waals surface area (Å²) in [6.45, 7) is 1.27. The van der Waals surface area contributed by atoms with E-state index in [1.54, 1.807) is 0 Å². The summed E-state index contributed by atoms with van der Waals surface area (Å²) >= 11 is 12.2. The molecule has 1 nitrogen and oxygen atoms in total. The van der Waals surface area contributed by atoms with Gasteiger partial charge >= 0.3 is 0 Å². The maximum absolute atomic E-state index is 5.63. The molecule has 0 bridgehead atoms. The third-order valence-corrected chi connectivity index (χ3v) is 5.84. The van der Waals surface area contributed by atoms with Crippen LogP contribution in [0.15, 0.2) is 71.9 Å². The molecule has 5 heteroatoms. The second kappa shape index (κ2) is 9.50. The fourth-order valence-corrected chi connectivity index (χ4v) is 4.49. The van der Waals surface area contributed by atoms with Crippen LogP contribution in [0.5, 0.6) is 0 Å². The maximum Gasteiger partial charge on any atom is 0.0991 e. The first-order chi connectivity index (χ1) is 10.9. The van der Waals surface area contributed by atoms with Crippen LogP contribution in [0.1, 0.15) is 12.8 Å². The molecule has 2 unspecified atom stereocenters. The van der Waals surface area contributed by atoms with Gasteiger partial charge in [0.25, 0.3) is 0 Å². The Morgan fingerprint density at radius 3 is 1.74 bits per heavy atom. The van der Waals surface area contributed by atoms with Crippen molar-refractivity contribution in [1.29, 1.82) is 0 Å². The van der Waals surface area contributed by atoms with Gasteiger partial charge in [-0.05, 0) is 11.1 Å². The Kier molecular flexibility index (Phi) is 8.32. The Hall–Kier alpha value is 0.820. The minimum Gasteiger partial charge on any atom is -0.373 e. The second-order valence-corrected chi connectivity index (χ2v) is 15.1. The van der Waals surface area contributed by atoms with Crippen molar-refractivity contribution >= 4 is 77.0 Å². The Bertz CT molecular complexity index is 544. The van der Waals surface area contributed by atoms with E-state index in [-0.39, 0.29) is 4.66 Å². The van der Waals surface area contributed by atoms with E-state index in [0.717, 1.165) is 12.8 Å².